The van der Waals surface area contributed by atoms with Crippen LogP contribution in [0.2, 0.25) is 0 Å². The average molecular weight is 745 g/mol. The molecular formula is C40H35Cl2N9O2. The topological polar surface area (TPSA) is 170 Å². The summed E-state index contributed by atoms with van der Waals surface area (Å²) in [4.78, 5) is 50.0. The molecule has 3 atom stereocenters. The number of ketones is 1. The fraction of sp³-hybridized carbons (Fsp3) is 0.300. The Morgan fingerprint density at radius 2 is 1.49 bits per heavy atom. The highest BCUT2D eigenvalue weighted by atomic mass is 35.5. The van der Waals surface area contributed by atoms with Crippen LogP contribution in [-0.4, -0.2) is 49.2 Å². The standard InChI is InChI=1S/C24H26ClN3O2.C8H4ClN3.C8H5N3/c1-15(22(29)10-7-16-11-20-21(26-13-16)14-27-23(20)25)28-24(30)19-9-8-18(12-19)17-5-3-2-4-6-17;9-8-6-1-5(2-10)3-11-7(6)4-12-8;9-2-6-1-7-4-10-5-8(7)11-3-6/h2-6,11,13,15,18-19H,7-10,12,14H2,1H3,(H,28,30);1,3H,4H2;1,3-4H,5H2/t15-,18+,19+;;/m0../s1. The molecule has 1 aromatic carbocycles. The average Bonchev–Trinajstić information content (AvgIpc) is 4.02. The van der Waals surface area contributed by atoms with Crippen molar-refractivity contribution in [3.8, 4) is 12.1 Å². The predicted octanol–water partition coefficient (Wildman–Crippen LogP) is 6.51. The van der Waals surface area contributed by atoms with Gasteiger partial charge >= 0.3 is 0 Å². The van der Waals surface area contributed by atoms with Crippen LogP contribution in [0.1, 0.15) is 94.6 Å². The molecule has 1 fully saturated rings. The number of carbonyl (C=O) groups excluding carboxylic acids is 2. The SMILES string of the molecule is C[C@H](NC(=O)[C@@H]1CC[C@@H](c2ccccc2)C1)C(=O)CCc1cnc2c(c1)C(Cl)=NC2.N#Cc1cnc2c(c1)C(Cl)=NC2.N#Cc1cnc2c(c1)C=NC2. The summed E-state index contributed by atoms with van der Waals surface area (Å²) in [7, 11) is 0. The Bertz CT molecular complexity index is 2210. The van der Waals surface area contributed by atoms with Crippen LogP contribution in [0.15, 0.2) is 82.1 Å². The highest BCUT2D eigenvalue weighted by Gasteiger charge is 2.32. The van der Waals surface area contributed by atoms with E-state index in [1.165, 1.54) is 11.8 Å². The Morgan fingerprint density at radius 3 is 2.19 bits per heavy atom. The number of carbonyl (C=O) groups is 2. The van der Waals surface area contributed by atoms with E-state index in [4.69, 9.17) is 33.7 Å². The summed E-state index contributed by atoms with van der Waals surface area (Å²) in [5.74, 6) is 0.432. The molecule has 4 aliphatic rings. The van der Waals surface area contributed by atoms with Crippen molar-refractivity contribution in [3.63, 3.8) is 0 Å². The molecule has 1 saturated carbocycles. The molecule has 1 amide bonds. The van der Waals surface area contributed by atoms with Gasteiger partial charge in [0.25, 0.3) is 0 Å². The lowest BCUT2D eigenvalue weighted by Gasteiger charge is -2.17. The number of pyridine rings is 3. The fourth-order valence-corrected chi connectivity index (χ4v) is 6.93. The van der Waals surface area contributed by atoms with Crippen LogP contribution < -0.4 is 5.32 Å². The van der Waals surface area contributed by atoms with Crippen molar-refractivity contribution in [2.75, 3.05) is 0 Å². The van der Waals surface area contributed by atoms with Crippen molar-refractivity contribution in [2.24, 2.45) is 20.9 Å². The molecule has 11 nitrogen and oxygen atoms in total. The quantitative estimate of drug-likeness (QED) is 0.225. The highest BCUT2D eigenvalue weighted by molar-refractivity contribution is 6.70. The third-order valence-electron chi connectivity index (χ3n) is 9.49. The number of aromatic nitrogens is 3. The Morgan fingerprint density at radius 1 is 0.849 bits per heavy atom. The molecule has 1 N–H and O–H groups in total. The van der Waals surface area contributed by atoms with Gasteiger partial charge in [0.1, 0.15) is 22.5 Å². The number of hydrogen-bond donors (Lipinski definition) is 1. The zero-order valence-corrected chi connectivity index (χ0v) is 30.5. The first-order valence-electron chi connectivity index (χ1n) is 17.3. The van der Waals surface area contributed by atoms with Crippen molar-refractivity contribution in [1.82, 2.24) is 20.3 Å². The first-order valence-corrected chi connectivity index (χ1v) is 18.0. The van der Waals surface area contributed by atoms with Crippen molar-refractivity contribution >= 4 is 51.4 Å². The number of hydrogen-bond acceptors (Lipinski definition) is 10. The Kier molecular flexibility index (Phi) is 12.1. The summed E-state index contributed by atoms with van der Waals surface area (Å²) in [5, 5.41) is 21.0. The van der Waals surface area contributed by atoms with Gasteiger partial charge in [0, 0.05) is 53.8 Å². The lowest BCUT2D eigenvalue weighted by molar-refractivity contribution is -0.129. The van der Waals surface area contributed by atoms with Crippen LogP contribution in [0.5, 0.6) is 0 Å². The van der Waals surface area contributed by atoms with Crippen LogP contribution in [0, 0.1) is 28.6 Å². The smallest absolute Gasteiger partial charge is 0.223 e. The van der Waals surface area contributed by atoms with E-state index in [0.29, 0.717) is 59.9 Å². The largest absolute Gasteiger partial charge is 0.346 e. The van der Waals surface area contributed by atoms with Gasteiger partial charge in [-0.15, -0.1) is 0 Å². The highest BCUT2D eigenvalue weighted by Crippen LogP contribution is 2.38. The van der Waals surface area contributed by atoms with E-state index in [2.05, 4.69) is 47.4 Å². The zero-order chi connectivity index (χ0) is 37.3. The number of rotatable bonds is 7. The molecule has 8 rings (SSSR count). The van der Waals surface area contributed by atoms with Gasteiger partial charge in [0.15, 0.2) is 5.78 Å². The van der Waals surface area contributed by atoms with Gasteiger partial charge in [-0.3, -0.25) is 39.5 Å². The second-order valence-corrected chi connectivity index (χ2v) is 13.8. The molecule has 4 aromatic rings. The summed E-state index contributed by atoms with van der Waals surface area (Å²) < 4.78 is 0. The first-order chi connectivity index (χ1) is 25.7. The van der Waals surface area contributed by atoms with Crippen LogP contribution in [0.4, 0.5) is 0 Å². The molecule has 0 unspecified atom stereocenters. The number of nitriles is 2. The molecule has 13 heteroatoms. The van der Waals surface area contributed by atoms with Gasteiger partial charge in [-0.1, -0.05) is 53.5 Å². The summed E-state index contributed by atoms with van der Waals surface area (Å²) in [5.41, 5.74) is 8.67. The molecule has 53 heavy (non-hydrogen) atoms. The predicted molar refractivity (Wildman–Crippen MR) is 203 cm³/mol. The number of nitrogens with zero attached hydrogens (tertiary/aromatic N) is 8. The molecule has 0 radical (unpaired) electrons. The number of benzene rings is 1. The second-order valence-electron chi connectivity index (χ2n) is 13.0. The van der Waals surface area contributed by atoms with Crippen LogP contribution >= 0.6 is 23.2 Å². The van der Waals surface area contributed by atoms with Gasteiger partial charge < -0.3 is 5.32 Å². The molecular weight excluding hydrogens is 709 g/mol. The van der Waals surface area contributed by atoms with E-state index in [1.807, 2.05) is 36.4 Å². The van der Waals surface area contributed by atoms with Crippen LogP contribution in [-0.2, 0) is 35.6 Å². The van der Waals surface area contributed by atoms with E-state index >= 15 is 0 Å². The number of fused-ring (bicyclic) bond motifs is 3. The van der Waals surface area contributed by atoms with Crippen LogP contribution in [0.25, 0.3) is 0 Å². The summed E-state index contributed by atoms with van der Waals surface area (Å²) >= 11 is 11.9. The number of aliphatic imine (C=N–C) groups is 3. The van der Waals surface area contributed by atoms with Crippen molar-refractivity contribution in [2.45, 2.75) is 70.6 Å². The minimum atomic E-state index is -0.485. The van der Waals surface area contributed by atoms with E-state index in [1.54, 1.807) is 37.7 Å². The van der Waals surface area contributed by atoms with Crippen molar-refractivity contribution < 1.29 is 9.59 Å². The maximum atomic E-state index is 12.7. The molecule has 0 saturated heterocycles. The lowest BCUT2D eigenvalue weighted by atomic mass is 9.96. The van der Waals surface area contributed by atoms with Gasteiger partial charge in [-0.2, -0.15) is 10.5 Å². The minimum absolute atomic E-state index is 0.00327. The summed E-state index contributed by atoms with van der Waals surface area (Å²) in [6.07, 6.45) is 10.3. The number of halogens is 2. The van der Waals surface area contributed by atoms with Gasteiger partial charge in [0.2, 0.25) is 5.91 Å². The van der Waals surface area contributed by atoms with Gasteiger partial charge in [-0.05, 0) is 67.9 Å². The normalized spacial score (nSPS) is 17.6. The molecule has 0 spiro atoms. The third-order valence-corrected chi connectivity index (χ3v) is 10.1. The molecule has 6 heterocycles. The van der Waals surface area contributed by atoms with E-state index in [9.17, 15) is 9.59 Å². The van der Waals surface area contributed by atoms with Crippen molar-refractivity contribution in [3.05, 3.63) is 123 Å². The van der Waals surface area contributed by atoms with Crippen molar-refractivity contribution in [1.29, 1.82) is 10.5 Å². The molecule has 3 aromatic heterocycles. The maximum Gasteiger partial charge on any atom is 0.223 e. The van der Waals surface area contributed by atoms with E-state index in [-0.39, 0.29) is 17.6 Å². The van der Waals surface area contributed by atoms with Crippen LogP contribution in [0.3, 0.4) is 0 Å². The lowest BCUT2D eigenvalue weighted by Crippen LogP contribution is -2.41. The molecule has 0 bridgehead atoms. The monoisotopic (exact) mass is 743 g/mol. The number of aryl methyl sites for hydroxylation is 1. The molecule has 3 aliphatic heterocycles. The Labute approximate surface area is 317 Å². The maximum absolute atomic E-state index is 12.7. The van der Waals surface area contributed by atoms with Gasteiger partial charge in [0.05, 0.1) is 53.9 Å². The first kappa shape index (κ1) is 37.1. The zero-order valence-electron chi connectivity index (χ0n) is 29.0. The van der Waals surface area contributed by atoms with Gasteiger partial charge in [-0.25, -0.2) is 0 Å². The number of nitrogens with one attached hydrogen (secondary N) is 1. The number of amides is 1. The summed E-state index contributed by atoms with van der Waals surface area (Å²) in [6, 6.07) is 19.4. The Hall–Kier alpha value is -5.62. The Balaban J connectivity index is 0.000000169. The molecule has 266 valence electrons. The fourth-order valence-electron chi connectivity index (χ4n) is 6.48. The molecule has 1 aliphatic carbocycles. The minimum Gasteiger partial charge on any atom is -0.346 e. The van der Waals surface area contributed by atoms with E-state index in [0.717, 1.165) is 58.6 Å². The summed E-state index contributed by atoms with van der Waals surface area (Å²) in [6.45, 7) is 3.47. The van der Waals surface area contributed by atoms with E-state index < -0.39 is 6.04 Å². The second kappa shape index (κ2) is 17.3. The number of Topliss-reactive ketones (excluding diaryl/α,β-unsaturated/α-hetero) is 1. The third kappa shape index (κ3) is 9.25.